The van der Waals surface area contributed by atoms with E-state index >= 15 is 0 Å². The summed E-state index contributed by atoms with van der Waals surface area (Å²) in [6, 6.07) is 26.8. The standard InChI is InChI=1S/C28H21N5O2/c29-27-26(28(34)31-22-16-35-23-11-5-4-10-20(22)23)32-25(24(33-27)17-7-2-1-3-8-17)19-12-13-21-18(15-19)9-6-14-30-21/h1-15,22H,16H2,(H2,29,33)(H,31,34)/t22-/m0/s1. The second-order valence-electron chi connectivity index (χ2n) is 8.31. The van der Waals surface area contributed by atoms with E-state index in [1.807, 2.05) is 84.9 Å². The predicted molar refractivity (Wildman–Crippen MR) is 135 cm³/mol. The van der Waals surface area contributed by atoms with Crippen molar-refractivity contribution in [3.63, 3.8) is 0 Å². The Balaban J connectivity index is 1.44. The summed E-state index contributed by atoms with van der Waals surface area (Å²) >= 11 is 0. The van der Waals surface area contributed by atoms with Gasteiger partial charge in [0.15, 0.2) is 11.5 Å². The van der Waals surface area contributed by atoms with Gasteiger partial charge in [-0.1, -0.05) is 60.7 Å². The normalized spacial score (nSPS) is 14.3. The number of ether oxygens (including phenoxy) is 1. The number of hydrogen-bond donors (Lipinski definition) is 2. The fourth-order valence-electron chi connectivity index (χ4n) is 4.35. The SMILES string of the molecule is Nc1nc(-c2ccccc2)c(-c2ccc3ncccc3c2)nc1C(=O)N[C@H]1COc2ccccc21. The zero-order chi connectivity index (χ0) is 23.8. The van der Waals surface area contributed by atoms with Crippen molar-refractivity contribution in [3.8, 4) is 28.3 Å². The van der Waals surface area contributed by atoms with E-state index in [1.54, 1.807) is 6.20 Å². The van der Waals surface area contributed by atoms with E-state index < -0.39 is 5.91 Å². The Hall–Kier alpha value is -4.78. The average molecular weight is 460 g/mol. The summed E-state index contributed by atoms with van der Waals surface area (Å²) in [6.45, 7) is 0.352. The number of para-hydroxylation sites is 1. The van der Waals surface area contributed by atoms with Crippen molar-refractivity contribution in [2.45, 2.75) is 6.04 Å². The summed E-state index contributed by atoms with van der Waals surface area (Å²) < 4.78 is 5.70. The summed E-state index contributed by atoms with van der Waals surface area (Å²) in [4.78, 5) is 27.1. The van der Waals surface area contributed by atoms with Crippen LogP contribution in [0.5, 0.6) is 5.75 Å². The number of carbonyl (C=O) groups is 1. The van der Waals surface area contributed by atoms with Gasteiger partial charge in [0.25, 0.3) is 5.91 Å². The second-order valence-corrected chi connectivity index (χ2v) is 8.31. The summed E-state index contributed by atoms with van der Waals surface area (Å²) in [6.07, 6.45) is 1.76. The molecule has 1 amide bonds. The molecule has 7 heteroatoms. The minimum Gasteiger partial charge on any atom is -0.491 e. The molecule has 0 saturated carbocycles. The van der Waals surface area contributed by atoms with Crippen molar-refractivity contribution < 1.29 is 9.53 Å². The summed E-state index contributed by atoms with van der Waals surface area (Å²) in [7, 11) is 0. The van der Waals surface area contributed by atoms with Gasteiger partial charge in [0, 0.05) is 28.3 Å². The molecule has 7 nitrogen and oxygen atoms in total. The summed E-state index contributed by atoms with van der Waals surface area (Å²) in [5.74, 6) is 0.435. The first kappa shape index (κ1) is 20.8. The highest BCUT2D eigenvalue weighted by atomic mass is 16.5. The largest absolute Gasteiger partial charge is 0.491 e. The van der Waals surface area contributed by atoms with Gasteiger partial charge in [-0.25, -0.2) is 9.97 Å². The van der Waals surface area contributed by atoms with Crippen molar-refractivity contribution >= 4 is 22.6 Å². The number of anilines is 1. The number of carbonyl (C=O) groups excluding carboxylic acids is 1. The van der Waals surface area contributed by atoms with Crippen LogP contribution in [-0.2, 0) is 0 Å². The second kappa shape index (κ2) is 8.53. The minimum atomic E-state index is -0.399. The van der Waals surface area contributed by atoms with Gasteiger partial charge in [0.1, 0.15) is 12.4 Å². The zero-order valence-electron chi connectivity index (χ0n) is 18.7. The zero-order valence-corrected chi connectivity index (χ0v) is 18.7. The highest BCUT2D eigenvalue weighted by Crippen LogP contribution is 2.34. The monoisotopic (exact) mass is 459 g/mol. The first-order chi connectivity index (χ1) is 17.2. The molecule has 0 fully saturated rings. The lowest BCUT2D eigenvalue weighted by Crippen LogP contribution is -2.31. The molecule has 1 atom stereocenters. The molecule has 0 aliphatic carbocycles. The van der Waals surface area contributed by atoms with Crippen molar-refractivity contribution in [3.05, 3.63) is 102 Å². The van der Waals surface area contributed by atoms with Crippen LogP contribution in [0, 0.1) is 0 Å². The molecule has 0 radical (unpaired) electrons. The smallest absolute Gasteiger partial charge is 0.274 e. The van der Waals surface area contributed by atoms with Gasteiger partial charge in [0.05, 0.1) is 22.9 Å². The van der Waals surface area contributed by atoms with Crippen molar-refractivity contribution in [1.82, 2.24) is 20.3 Å². The Morgan fingerprint density at radius 3 is 2.57 bits per heavy atom. The predicted octanol–water partition coefficient (Wildman–Crippen LogP) is 4.80. The Morgan fingerprint density at radius 1 is 0.886 bits per heavy atom. The molecule has 170 valence electrons. The van der Waals surface area contributed by atoms with Gasteiger partial charge in [-0.3, -0.25) is 9.78 Å². The highest BCUT2D eigenvalue weighted by Gasteiger charge is 2.28. The topological polar surface area (TPSA) is 103 Å². The van der Waals surface area contributed by atoms with Crippen molar-refractivity contribution in [1.29, 1.82) is 0 Å². The molecule has 3 aromatic carbocycles. The number of nitrogens with zero attached hydrogens (tertiary/aromatic N) is 3. The van der Waals surface area contributed by atoms with E-state index in [1.165, 1.54) is 0 Å². The third-order valence-electron chi connectivity index (χ3n) is 6.07. The number of nitrogen functional groups attached to an aromatic ring is 1. The molecule has 0 unspecified atom stereocenters. The molecule has 3 heterocycles. The maximum Gasteiger partial charge on any atom is 0.274 e. The third kappa shape index (κ3) is 3.83. The van der Waals surface area contributed by atoms with E-state index in [2.05, 4.69) is 15.3 Å². The molecule has 0 spiro atoms. The lowest BCUT2D eigenvalue weighted by Gasteiger charge is -2.15. The number of benzene rings is 3. The molecule has 5 aromatic rings. The number of nitrogens with two attached hydrogens (primary N) is 1. The molecule has 6 rings (SSSR count). The Labute approximate surface area is 201 Å². The van der Waals surface area contributed by atoms with Gasteiger partial charge < -0.3 is 15.8 Å². The lowest BCUT2D eigenvalue weighted by molar-refractivity contribution is 0.0926. The molecule has 2 aromatic heterocycles. The lowest BCUT2D eigenvalue weighted by atomic mass is 10.0. The summed E-state index contributed by atoms with van der Waals surface area (Å²) in [5, 5.41) is 3.97. The molecule has 1 aliphatic heterocycles. The van der Waals surface area contributed by atoms with E-state index in [-0.39, 0.29) is 17.6 Å². The molecule has 1 aliphatic rings. The third-order valence-corrected chi connectivity index (χ3v) is 6.07. The highest BCUT2D eigenvalue weighted by molar-refractivity contribution is 5.98. The van der Waals surface area contributed by atoms with Crippen molar-refractivity contribution in [2.75, 3.05) is 12.3 Å². The van der Waals surface area contributed by atoms with Crippen LogP contribution in [0.15, 0.2) is 91.1 Å². The minimum absolute atomic E-state index is 0.0692. The number of aromatic nitrogens is 3. The molecule has 35 heavy (non-hydrogen) atoms. The van der Waals surface area contributed by atoms with Gasteiger partial charge in [-0.2, -0.15) is 0 Å². The van der Waals surface area contributed by atoms with E-state index in [0.717, 1.165) is 33.3 Å². The van der Waals surface area contributed by atoms with E-state index in [9.17, 15) is 4.79 Å². The van der Waals surface area contributed by atoms with Crippen LogP contribution in [0.4, 0.5) is 5.82 Å². The van der Waals surface area contributed by atoms with Gasteiger partial charge in [0.2, 0.25) is 0 Å². The van der Waals surface area contributed by atoms with Crippen molar-refractivity contribution in [2.24, 2.45) is 0 Å². The first-order valence-corrected chi connectivity index (χ1v) is 11.3. The van der Waals surface area contributed by atoms with Crippen LogP contribution in [0.2, 0.25) is 0 Å². The fraction of sp³-hybridized carbons (Fsp3) is 0.0714. The van der Waals surface area contributed by atoms with Crippen LogP contribution in [0.3, 0.4) is 0 Å². The quantitative estimate of drug-likeness (QED) is 0.400. The van der Waals surface area contributed by atoms with Crippen LogP contribution >= 0.6 is 0 Å². The molecular formula is C28H21N5O2. The van der Waals surface area contributed by atoms with Crippen LogP contribution in [0.1, 0.15) is 22.1 Å². The number of hydrogen-bond acceptors (Lipinski definition) is 6. The van der Waals surface area contributed by atoms with Gasteiger partial charge in [-0.05, 0) is 24.3 Å². The molecule has 3 N–H and O–H groups in total. The maximum absolute atomic E-state index is 13.3. The number of amides is 1. The van der Waals surface area contributed by atoms with Crippen LogP contribution in [-0.4, -0.2) is 27.5 Å². The molecular weight excluding hydrogens is 438 g/mol. The van der Waals surface area contributed by atoms with Gasteiger partial charge in [-0.15, -0.1) is 0 Å². The number of nitrogens with one attached hydrogen (secondary N) is 1. The number of rotatable bonds is 4. The Morgan fingerprint density at radius 2 is 1.69 bits per heavy atom. The van der Waals surface area contributed by atoms with Gasteiger partial charge >= 0.3 is 0 Å². The molecule has 0 saturated heterocycles. The van der Waals surface area contributed by atoms with Crippen LogP contribution in [0.25, 0.3) is 33.4 Å². The number of pyridine rings is 1. The average Bonchev–Trinajstić information content (AvgIpc) is 3.31. The number of fused-ring (bicyclic) bond motifs is 2. The fourth-order valence-corrected chi connectivity index (χ4v) is 4.35. The summed E-state index contributed by atoms with van der Waals surface area (Å²) in [5.41, 5.74) is 11.0. The Kier molecular flexibility index (Phi) is 5.07. The van der Waals surface area contributed by atoms with Crippen LogP contribution < -0.4 is 15.8 Å². The van der Waals surface area contributed by atoms with E-state index in [0.29, 0.717) is 18.0 Å². The maximum atomic E-state index is 13.3. The molecule has 0 bridgehead atoms. The van der Waals surface area contributed by atoms with E-state index in [4.69, 9.17) is 15.5 Å². The first-order valence-electron chi connectivity index (χ1n) is 11.3. The Bertz CT molecular complexity index is 1570.